The molecule has 102 valence electrons. The van der Waals surface area contributed by atoms with E-state index in [9.17, 15) is 0 Å². The van der Waals surface area contributed by atoms with Gasteiger partial charge in [-0.2, -0.15) is 0 Å². The Morgan fingerprint density at radius 1 is 1.21 bits per heavy atom. The van der Waals surface area contributed by atoms with Gasteiger partial charge in [0.1, 0.15) is 0 Å². The fourth-order valence-electron chi connectivity index (χ4n) is 3.27. The molecule has 1 aromatic carbocycles. The van der Waals surface area contributed by atoms with Gasteiger partial charge in [-0.05, 0) is 70.3 Å². The molecule has 0 aliphatic carbocycles. The zero-order valence-corrected chi connectivity index (χ0v) is 12.7. The Morgan fingerprint density at radius 2 is 1.95 bits per heavy atom. The van der Waals surface area contributed by atoms with Gasteiger partial charge in [0.05, 0.1) is 5.52 Å². The molecule has 1 N–H and O–H groups in total. The van der Waals surface area contributed by atoms with E-state index in [0.717, 1.165) is 0 Å². The lowest BCUT2D eigenvalue weighted by molar-refractivity contribution is 0.444. The van der Waals surface area contributed by atoms with Crippen LogP contribution in [-0.4, -0.2) is 11.6 Å². The van der Waals surface area contributed by atoms with Crippen LogP contribution in [-0.2, 0) is 18.5 Å². The van der Waals surface area contributed by atoms with Crippen LogP contribution in [0.15, 0.2) is 12.1 Å². The highest BCUT2D eigenvalue weighted by Crippen LogP contribution is 2.35. The van der Waals surface area contributed by atoms with Crippen molar-refractivity contribution in [2.75, 3.05) is 7.05 Å². The Balaban J connectivity index is 2.35. The Morgan fingerprint density at radius 3 is 2.63 bits per heavy atom. The first-order valence-corrected chi connectivity index (χ1v) is 7.27. The molecular weight excluding hydrogens is 232 g/mol. The van der Waals surface area contributed by atoms with Crippen LogP contribution in [0.4, 0.5) is 0 Å². The number of aromatic nitrogens is 1. The molecule has 0 bridgehead atoms. The molecule has 0 saturated heterocycles. The lowest BCUT2D eigenvalue weighted by Crippen LogP contribution is -2.33. The van der Waals surface area contributed by atoms with E-state index in [2.05, 4.69) is 49.7 Å². The van der Waals surface area contributed by atoms with E-state index in [4.69, 9.17) is 0 Å². The van der Waals surface area contributed by atoms with Crippen LogP contribution in [0.25, 0.3) is 10.9 Å². The van der Waals surface area contributed by atoms with Gasteiger partial charge in [0.2, 0.25) is 0 Å². The van der Waals surface area contributed by atoms with Crippen molar-refractivity contribution in [2.24, 2.45) is 0 Å². The summed E-state index contributed by atoms with van der Waals surface area (Å²) in [7, 11) is 2.04. The summed E-state index contributed by atoms with van der Waals surface area (Å²) in [5.41, 5.74) is 7.34. The smallest absolute Gasteiger partial charge is 0.0517 e. The van der Waals surface area contributed by atoms with Crippen molar-refractivity contribution in [3.63, 3.8) is 0 Å². The SMILES string of the molecule is CNC(C)(C)c1cc2c3c(c1)c(C)c(C)n3CCC2. The van der Waals surface area contributed by atoms with Gasteiger partial charge in [0.15, 0.2) is 0 Å². The van der Waals surface area contributed by atoms with Crippen molar-refractivity contribution < 1.29 is 0 Å². The minimum Gasteiger partial charge on any atom is -0.344 e. The van der Waals surface area contributed by atoms with E-state index in [0.29, 0.717) is 0 Å². The van der Waals surface area contributed by atoms with Crippen molar-refractivity contribution in [1.29, 1.82) is 0 Å². The highest BCUT2D eigenvalue weighted by Gasteiger charge is 2.24. The van der Waals surface area contributed by atoms with Crippen molar-refractivity contribution >= 4 is 10.9 Å². The second-order valence-electron chi connectivity index (χ2n) is 6.37. The zero-order chi connectivity index (χ0) is 13.8. The number of nitrogens with zero attached hydrogens (tertiary/aromatic N) is 1. The highest BCUT2D eigenvalue weighted by atomic mass is 15.0. The number of nitrogens with one attached hydrogen (secondary N) is 1. The molecule has 0 fully saturated rings. The third-order valence-electron chi connectivity index (χ3n) is 4.98. The maximum absolute atomic E-state index is 3.43. The van der Waals surface area contributed by atoms with Gasteiger partial charge in [0, 0.05) is 23.2 Å². The molecule has 19 heavy (non-hydrogen) atoms. The van der Waals surface area contributed by atoms with E-state index in [1.54, 1.807) is 0 Å². The summed E-state index contributed by atoms with van der Waals surface area (Å²) in [6.45, 7) is 10.2. The van der Waals surface area contributed by atoms with Crippen LogP contribution in [0.2, 0.25) is 0 Å². The molecule has 3 rings (SSSR count). The minimum absolute atomic E-state index is 0.0323. The molecule has 0 spiro atoms. The predicted molar refractivity (Wildman–Crippen MR) is 81.8 cm³/mol. The van der Waals surface area contributed by atoms with Crippen molar-refractivity contribution in [1.82, 2.24) is 9.88 Å². The van der Waals surface area contributed by atoms with E-state index in [1.165, 1.54) is 52.7 Å². The first kappa shape index (κ1) is 12.7. The Kier molecular flexibility index (Phi) is 2.75. The number of benzene rings is 1. The Bertz CT molecular complexity index is 647. The summed E-state index contributed by atoms with van der Waals surface area (Å²) in [4.78, 5) is 0. The topological polar surface area (TPSA) is 17.0 Å². The zero-order valence-electron chi connectivity index (χ0n) is 12.7. The summed E-state index contributed by atoms with van der Waals surface area (Å²) in [6.07, 6.45) is 2.48. The average molecular weight is 256 g/mol. The van der Waals surface area contributed by atoms with Crippen molar-refractivity contribution in [3.8, 4) is 0 Å². The first-order chi connectivity index (χ1) is 8.95. The molecular formula is C17H24N2. The molecule has 2 aromatic rings. The fourth-order valence-corrected chi connectivity index (χ4v) is 3.27. The first-order valence-electron chi connectivity index (χ1n) is 7.27. The second kappa shape index (κ2) is 4.11. The van der Waals surface area contributed by atoms with Gasteiger partial charge < -0.3 is 9.88 Å². The van der Waals surface area contributed by atoms with Crippen LogP contribution in [0, 0.1) is 13.8 Å². The number of aryl methyl sites for hydroxylation is 3. The van der Waals surface area contributed by atoms with Crippen LogP contribution >= 0.6 is 0 Å². The maximum Gasteiger partial charge on any atom is 0.0517 e. The van der Waals surface area contributed by atoms with Gasteiger partial charge in [0.25, 0.3) is 0 Å². The summed E-state index contributed by atoms with van der Waals surface area (Å²) in [6, 6.07) is 4.80. The van der Waals surface area contributed by atoms with Crippen LogP contribution in [0.1, 0.15) is 42.7 Å². The van der Waals surface area contributed by atoms with Crippen LogP contribution < -0.4 is 5.32 Å². The molecule has 1 aliphatic rings. The summed E-state index contributed by atoms with van der Waals surface area (Å²) in [5.74, 6) is 0. The van der Waals surface area contributed by atoms with E-state index < -0.39 is 0 Å². The molecule has 2 heteroatoms. The Labute approximate surface area is 115 Å². The Hall–Kier alpha value is -1.28. The van der Waals surface area contributed by atoms with Crippen molar-refractivity contribution in [2.45, 2.75) is 52.6 Å². The number of rotatable bonds is 2. The highest BCUT2D eigenvalue weighted by molar-refractivity contribution is 5.89. The van der Waals surface area contributed by atoms with Gasteiger partial charge in [-0.3, -0.25) is 0 Å². The average Bonchev–Trinajstić information content (AvgIpc) is 2.66. The normalized spacial score (nSPS) is 15.2. The molecule has 0 radical (unpaired) electrons. The molecule has 1 aliphatic heterocycles. The van der Waals surface area contributed by atoms with Crippen LogP contribution in [0.5, 0.6) is 0 Å². The standard InChI is InChI=1S/C17H24N2/c1-11-12(2)19-8-6-7-13-9-14(17(3,4)18-5)10-15(11)16(13)19/h9-10,18H,6-8H2,1-5H3. The second-order valence-corrected chi connectivity index (χ2v) is 6.37. The quantitative estimate of drug-likeness (QED) is 0.867. The third-order valence-corrected chi connectivity index (χ3v) is 4.98. The van der Waals surface area contributed by atoms with Crippen LogP contribution in [0.3, 0.4) is 0 Å². The van der Waals surface area contributed by atoms with E-state index in [1.807, 2.05) is 7.05 Å². The molecule has 0 unspecified atom stereocenters. The lowest BCUT2D eigenvalue weighted by Gasteiger charge is -2.27. The van der Waals surface area contributed by atoms with E-state index >= 15 is 0 Å². The third kappa shape index (κ3) is 1.73. The van der Waals surface area contributed by atoms with Gasteiger partial charge >= 0.3 is 0 Å². The molecule has 1 aromatic heterocycles. The lowest BCUT2D eigenvalue weighted by atomic mass is 9.89. The molecule has 0 atom stereocenters. The van der Waals surface area contributed by atoms with Gasteiger partial charge in [-0.25, -0.2) is 0 Å². The molecule has 0 saturated carbocycles. The summed E-state index contributed by atoms with van der Waals surface area (Å²) in [5, 5.41) is 4.88. The molecule has 2 nitrogen and oxygen atoms in total. The minimum atomic E-state index is 0.0323. The largest absolute Gasteiger partial charge is 0.344 e. The summed E-state index contributed by atoms with van der Waals surface area (Å²) >= 11 is 0. The van der Waals surface area contributed by atoms with Gasteiger partial charge in [-0.15, -0.1) is 0 Å². The maximum atomic E-state index is 3.43. The summed E-state index contributed by atoms with van der Waals surface area (Å²) < 4.78 is 2.51. The fraction of sp³-hybridized carbons (Fsp3) is 0.529. The molecule has 0 amide bonds. The number of hydrogen-bond acceptors (Lipinski definition) is 1. The monoisotopic (exact) mass is 256 g/mol. The molecule has 2 heterocycles. The van der Waals surface area contributed by atoms with E-state index in [-0.39, 0.29) is 5.54 Å². The predicted octanol–water partition coefficient (Wildman–Crippen LogP) is 3.66. The number of hydrogen-bond donors (Lipinski definition) is 1. The van der Waals surface area contributed by atoms with Gasteiger partial charge in [-0.1, -0.05) is 6.07 Å². The van der Waals surface area contributed by atoms with Crippen molar-refractivity contribution in [3.05, 3.63) is 34.5 Å².